The highest BCUT2D eigenvalue weighted by atomic mass is 16.4. The molecule has 0 bridgehead atoms. The molecule has 0 saturated heterocycles. The van der Waals surface area contributed by atoms with Gasteiger partial charge in [-0.05, 0) is 11.6 Å². The Hall–Kier alpha value is -4.19. The smallest absolute Gasteiger partial charge is 0.305 e. The number of benzene rings is 1. The first-order valence-corrected chi connectivity index (χ1v) is 8.62. The van der Waals surface area contributed by atoms with Crippen molar-refractivity contribution in [3.8, 4) is 11.8 Å². The number of aliphatic carboxylic acids is 1. The topological polar surface area (TPSA) is 145 Å². The van der Waals surface area contributed by atoms with Gasteiger partial charge < -0.3 is 20.1 Å². The lowest BCUT2D eigenvalue weighted by Gasteiger charge is -2.11. The molecule has 1 amide bonds. The van der Waals surface area contributed by atoms with Gasteiger partial charge in [0, 0.05) is 18.1 Å². The number of aromatic hydroxyl groups is 1. The van der Waals surface area contributed by atoms with Crippen LogP contribution in [0.25, 0.3) is 10.8 Å². The molecule has 9 heteroatoms. The molecular formula is C20H16N4O5. The number of carbonyl (C=O) groups excluding carboxylic acids is 1. The first-order valence-electron chi connectivity index (χ1n) is 8.62. The van der Waals surface area contributed by atoms with Crippen molar-refractivity contribution in [3.63, 3.8) is 0 Å². The molecule has 0 aliphatic rings. The number of rotatable bonds is 6. The van der Waals surface area contributed by atoms with E-state index in [1.807, 2.05) is 30.3 Å². The van der Waals surface area contributed by atoms with Gasteiger partial charge in [0.15, 0.2) is 17.1 Å². The minimum Gasteiger partial charge on any atom is -0.505 e. The maximum absolute atomic E-state index is 12.9. The van der Waals surface area contributed by atoms with Crippen LogP contribution in [0, 0.1) is 11.3 Å². The van der Waals surface area contributed by atoms with E-state index in [1.54, 1.807) is 6.07 Å². The second-order valence-electron chi connectivity index (χ2n) is 6.19. The van der Waals surface area contributed by atoms with Crippen LogP contribution < -0.4 is 10.9 Å². The quantitative estimate of drug-likeness (QED) is 0.572. The molecule has 2 heterocycles. The fourth-order valence-electron chi connectivity index (χ4n) is 2.86. The molecule has 0 unspecified atom stereocenters. The number of nitrogens with zero attached hydrogens (tertiary/aromatic N) is 3. The molecule has 0 fully saturated rings. The number of pyridine rings is 2. The van der Waals surface area contributed by atoms with Crippen LogP contribution in [0.1, 0.15) is 28.2 Å². The van der Waals surface area contributed by atoms with Gasteiger partial charge in [0.1, 0.15) is 6.07 Å². The summed E-state index contributed by atoms with van der Waals surface area (Å²) in [6.45, 7) is 0.0898. The van der Waals surface area contributed by atoms with E-state index in [9.17, 15) is 24.8 Å². The average Bonchev–Trinajstić information content (AvgIpc) is 2.71. The zero-order chi connectivity index (χ0) is 21.0. The highest BCUT2D eigenvalue weighted by molar-refractivity contribution is 6.02. The molecular weight excluding hydrogens is 376 g/mol. The van der Waals surface area contributed by atoms with Crippen molar-refractivity contribution in [2.45, 2.75) is 13.0 Å². The van der Waals surface area contributed by atoms with Crippen molar-refractivity contribution < 1.29 is 19.8 Å². The Morgan fingerprint density at radius 3 is 2.59 bits per heavy atom. The molecule has 0 aliphatic heterocycles. The van der Waals surface area contributed by atoms with Crippen LogP contribution in [-0.2, 0) is 11.3 Å². The first kappa shape index (κ1) is 19.6. The standard InChI is InChI=1S/C20H16N4O5/c21-10-14-16-13(18(27)17(23-14)19(28)22-8-6-15(25)26)7-9-24(20(16)29)11-12-4-2-1-3-5-12/h1-5,7,9,27H,6,8,11H2,(H,22,28)(H,25,26). The zero-order valence-electron chi connectivity index (χ0n) is 15.1. The molecule has 0 aliphatic carbocycles. The number of carboxylic acids is 1. The largest absolute Gasteiger partial charge is 0.505 e. The highest BCUT2D eigenvalue weighted by Gasteiger charge is 2.21. The third kappa shape index (κ3) is 4.06. The summed E-state index contributed by atoms with van der Waals surface area (Å²) >= 11 is 0. The van der Waals surface area contributed by atoms with Crippen LogP contribution in [0.5, 0.6) is 5.75 Å². The predicted octanol–water partition coefficient (Wildman–Crippen LogP) is 1.23. The number of hydrogen-bond donors (Lipinski definition) is 3. The van der Waals surface area contributed by atoms with Crippen LogP contribution in [0.4, 0.5) is 0 Å². The van der Waals surface area contributed by atoms with Gasteiger partial charge >= 0.3 is 5.97 Å². The molecule has 2 aromatic heterocycles. The van der Waals surface area contributed by atoms with Gasteiger partial charge in [-0.2, -0.15) is 5.26 Å². The molecule has 146 valence electrons. The number of nitriles is 1. The minimum atomic E-state index is -1.10. The summed E-state index contributed by atoms with van der Waals surface area (Å²) in [6.07, 6.45) is 1.15. The summed E-state index contributed by atoms with van der Waals surface area (Å²) in [5, 5.41) is 30.8. The van der Waals surface area contributed by atoms with Crippen LogP contribution in [0.3, 0.4) is 0 Å². The van der Waals surface area contributed by atoms with Crippen molar-refractivity contribution in [2.75, 3.05) is 6.54 Å². The molecule has 1 aromatic carbocycles. The van der Waals surface area contributed by atoms with Crippen molar-refractivity contribution >= 4 is 22.6 Å². The van der Waals surface area contributed by atoms with Crippen LogP contribution in [0.15, 0.2) is 47.4 Å². The third-order valence-corrected chi connectivity index (χ3v) is 4.25. The highest BCUT2D eigenvalue weighted by Crippen LogP contribution is 2.27. The number of fused-ring (bicyclic) bond motifs is 1. The third-order valence-electron chi connectivity index (χ3n) is 4.25. The summed E-state index contributed by atoms with van der Waals surface area (Å²) in [5.41, 5.74) is -0.393. The summed E-state index contributed by atoms with van der Waals surface area (Å²) in [7, 11) is 0. The summed E-state index contributed by atoms with van der Waals surface area (Å²) < 4.78 is 1.38. The number of aromatic nitrogens is 2. The van der Waals surface area contributed by atoms with Gasteiger partial charge in [0.2, 0.25) is 0 Å². The van der Waals surface area contributed by atoms with Crippen LogP contribution in [-0.4, -0.2) is 38.2 Å². The second-order valence-corrected chi connectivity index (χ2v) is 6.19. The van der Waals surface area contributed by atoms with Crippen LogP contribution in [0.2, 0.25) is 0 Å². The lowest BCUT2D eigenvalue weighted by molar-refractivity contribution is -0.136. The van der Waals surface area contributed by atoms with E-state index in [0.29, 0.717) is 0 Å². The van der Waals surface area contributed by atoms with Crippen LogP contribution >= 0.6 is 0 Å². The fourth-order valence-corrected chi connectivity index (χ4v) is 2.86. The Balaban J connectivity index is 2.05. The average molecular weight is 392 g/mol. The SMILES string of the molecule is N#Cc1nc(C(=O)NCCC(=O)O)c(O)c2ccn(Cc3ccccc3)c(=O)c12. The van der Waals surface area contributed by atoms with Crippen molar-refractivity contribution in [2.24, 2.45) is 0 Å². The minimum absolute atomic E-state index is 0.0225. The molecule has 3 N–H and O–H groups in total. The van der Waals surface area contributed by atoms with Crippen molar-refractivity contribution in [1.82, 2.24) is 14.9 Å². The van der Waals surface area contributed by atoms with Gasteiger partial charge in [0.05, 0.1) is 18.4 Å². The monoisotopic (exact) mass is 392 g/mol. The molecule has 0 atom stereocenters. The van der Waals surface area contributed by atoms with E-state index in [4.69, 9.17) is 5.11 Å². The number of hydrogen-bond acceptors (Lipinski definition) is 6. The first-order chi connectivity index (χ1) is 13.9. The predicted molar refractivity (Wildman–Crippen MR) is 103 cm³/mol. The Morgan fingerprint density at radius 2 is 1.93 bits per heavy atom. The molecule has 3 aromatic rings. The Bertz CT molecular complexity index is 1200. The van der Waals surface area contributed by atoms with E-state index >= 15 is 0 Å². The Labute approximate surface area is 164 Å². The lowest BCUT2D eigenvalue weighted by atomic mass is 10.1. The zero-order valence-corrected chi connectivity index (χ0v) is 15.1. The van der Waals surface area contributed by atoms with E-state index in [1.165, 1.54) is 16.8 Å². The maximum Gasteiger partial charge on any atom is 0.305 e. The van der Waals surface area contributed by atoms with Crippen molar-refractivity contribution in [3.05, 3.63) is 69.9 Å². The molecule has 29 heavy (non-hydrogen) atoms. The molecule has 0 saturated carbocycles. The van der Waals surface area contributed by atoms with Gasteiger partial charge in [-0.25, -0.2) is 4.98 Å². The summed E-state index contributed by atoms with van der Waals surface area (Å²) in [5.74, 6) is -2.48. The number of carbonyl (C=O) groups is 2. The summed E-state index contributed by atoms with van der Waals surface area (Å²) in [6, 6.07) is 12.5. The van der Waals surface area contributed by atoms with Gasteiger partial charge in [-0.15, -0.1) is 0 Å². The maximum atomic E-state index is 12.9. The van der Waals surface area contributed by atoms with E-state index in [0.717, 1.165) is 5.56 Å². The number of nitrogens with one attached hydrogen (secondary N) is 1. The van der Waals surface area contributed by atoms with E-state index in [2.05, 4.69) is 10.3 Å². The fraction of sp³-hybridized carbons (Fsp3) is 0.150. The molecule has 0 spiro atoms. The summed E-state index contributed by atoms with van der Waals surface area (Å²) in [4.78, 5) is 39.5. The van der Waals surface area contributed by atoms with Gasteiger partial charge in [-0.3, -0.25) is 14.4 Å². The van der Waals surface area contributed by atoms with Crippen molar-refractivity contribution in [1.29, 1.82) is 5.26 Å². The normalized spacial score (nSPS) is 10.4. The lowest BCUT2D eigenvalue weighted by Crippen LogP contribution is -2.28. The molecule has 3 rings (SSSR count). The molecule has 9 nitrogen and oxygen atoms in total. The van der Waals surface area contributed by atoms with Gasteiger partial charge in [0.25, 0.3) is 11.5 Å². The van der Waals surface area contributed by atoms with E-state index in [-0.39, 0.29) is 36.0 Å². The van der Waals surface area contributed by atoms with Gasteiger partial charge in [-0.1, -0.05) is 30.3 Å². The Kier molecular flexibility index (Phi) is 5.55. The number of carboxylic acid groups (broad SMARTS) is 1. The Morgan fingerprint density at radius 1 is 1.21 bits per heavy atom. The second kappa shape index (κ2) is 8.22. The molecule has 0 radical (unpaired) electrons. The van der Waals surface area contributed by atoms with E-state index < -0.39 is 28.9 Å². The number of amides is 1.